The van der Waals surface area contributed by atoms with Gasteiger partial charge in [-0.1, -0.05) is 43.5 Å². The lowest BCUT2D eigenvalue weighted by molar-refractivity contribution is -0.151. The van der Waals surface area contributed by atoms with Gasteiger partial charge in [-0.15, -0.1) is 0 Å². The fourth-order valence-corrected chi connectivity index (χ4v) is 1.21. The van der Waals surface area contributed by atoms with Crippen LogP contribution >= 0.6 is 0 Å². The summed E-state index contributed by atoms with van der Waals surface area (Å²) >= 11 is 0. The van der Waals surface area contributed by atoms with Gasteiger partial charge in [0.25, 0.3) is 5.91 Å². The summed E-state index contributed by atoms with van der Waals surface area (Å²) in [5.41, 5.74) is 3.12. The third-order valence-corrected chi connectivity index (χ3v) is 2.48. The van der Waals surface area contributed by atoms with E-state index in [0.717, 1.165) is 11.6 Å². The van der Waals surface area contributed by atoms with E-state index in [4.69, 9.17) is 5.11 Å². The summed E-state index contributed by atoms with van der Waals surface area (Å²) in [7, 11) is 0. The molecule has 0 bridgehead atoms. The topological polar surface area (TPSA) is 102 Å². The second kappa shape index (κ2) is 13.1. The zero-order chi connectivity index (χ0) is 19.9. The molecule has 0 saturated carbocycles. The minimum absolute atomic E-state index is 0.0326. The molecule has 1 atom stereocenters. The normalized spacial score (nSPS) is 10.7. The molecule has 0 aliphatic carbocycles. The van der Waals surface area contributed by atoms with Gasteiger partial charge in [-0.2, -0.15) is 5.48 Å². The number of hydrogen-bond acceptors (Lipinski definition) is 6. The van der Waals surface area contributed by atoms with Crippen LogP contribution < -0.4 is 5.48 Å². The number of ether oxygens (including phenoxy) is 1. The lowest BCUT2D eigenvalue weighted by atomic mass is 10.2. The molecule has 0 spiro atoms. The predicted molar refractivity (Wildman–Crippen MR) is 97.4 cm³/mol. The molecule has 0 aromatic heterocycles. The number of hydroxylamine groups is 1. The SMILES string of the molecule is C=C(C)C(=O)NOC(=O)C=Cc1ccccc1.C=CC(=O)OCC(C)O. The number of benzene rings is 1. The standard InChI is InChI=1S/C13H13NO3.C6H10O3/c1-10(2)13(16)14-17-12(15)9-8-11-6-4-3-5-7-11;1-3-6(8)9-4-5(2)7/h3-9H,1H2,2H3,(H,14,16);3,5,7H,1,4H2,2H3. The number of aliphatic hydroxyl groups excluding tert-OH is 1. The molecule has 0 fully saturated rings. The number of amides is 1. The molecule has 7 nitrogen and oxygen atoms in total. The van der Waals surface area contributed by atoms with Gasteiger partial charge in [-0.3, -0.25) is 4.79 Å². The van der Waals surface area contributed by atoms with Gasteiger partial charge in [0.05, 0.1) is 6.10 Å². The van der Waals surface area contributed by atoms with Crippen LogP contribution in [0.1, 0.15) is 19.4 Å². The fourth-order valence-electron chi connectivity index (χ4n) is 1.21. The van der Waals surface area contributed by atoms with Gasteiger partial charge in [0.15, 0.2) is 0 Å². The Morgan fingerprint density at radius 2 is 1.85 bits per heavy atom. The lowest BCUT2D eigenvalue weighted by Gasteiger charge is -2.02. The summed E-state index contributed by atoms with van der Waals surface area (Å²) in [4.78, 5) is 37.0. The third-order valence-electron chi connectivity index (χ3n) is 2.48. The number of rotatable bonds is 6. The first-order chi connectivity index (χ1) is 12.3. The summed E-state index contributed by atoms with van der Waals surface area (Å²) in [5, 5.41) is 8.59. The van der Waals surface area contributed by atoms with Crippen molar-refractivity contribution in [3.63, 3.8) is 0 Å². The molecular formula is C19H23NO6. The highest BCUT2D eigenvalue weighted by atomic mass is 16.7. The molecule has 2 N–H and O–H groups in total. The lowest BCUT2D eigenvalue weighted by Crippen LogP contribution is -2.26. The van der Waals surface area contributed by atoms with Crippen LogP contribution in [0.2, 0.25) is 0 Å². The van der Waals surface area contributed by atoms with Crippen LogP contribution in [-0.2, 0) is 24.0 Å². The first-order valence-corrected chi connectivity index (χ1v) is 7.63. The van der Waals surface area contributed by atoms with Crippen molar-refractivity contribution >= 4 is 23.9 Å². The molecule has 1 unspecified atom stereocenters. The van der Waals surface area contributed by atoms with Crippen molar-refractivity contribution in [3.8, 4) is 0 Å². The Bertz CT molecular complexity index is 649. The first-order valence-electron chi connectivity index (χ1n) is 7.63. The largest absolute Gasteiger partial charge is 0.460 e. The van der Waals surface area contributed by atoms with Crippen LogP contribution in [0.3, 0.4) is 0 Å². The van der Waals surface area contributed by atoms with Crippen molar-refractivity contribution in [2.45, 2.75) is 20.0 Å². The maximum atomic E-state index is 11.2. The number of carbonyl (C=O) groups excluding carboxylic acids is 3. The Labute approximate surface area is 152 Å². The number of aliphatic hydroxyl groups is 1. The minimum Gasteiger partial charge on any atom is -0.460 e. The van der Waals surface area contributed by atoms with Crippen LogP contribution in [0.4, 0.5) is 0 Å². The Morgan fingerprint density at radius 3 is 2.35 bits per heavy atom. The van der Waals surface area contributed by atoms with E-state index in [1.807, 2.05) is 35.8 Å². The van der Waals surface area contributed by atoms with Gasteiger partial charge in [-0.25, -0.2) is 9.59 Å². The van der Waals surface area contributed by atoms with Crippen LogP contribution in [-0.4, -0.2) is 35.7 Å². The molecule has 0 aliphatic rings. The molecule has 0 saturated heterocycles. The van der Waals surface area contributed by atoms with E-state index in [1.54, 1.807) is 6.08 Å². The van der Waals surface area contributed by atoms with E-state index in [2.05, 4.69) is 22.7 Å². The Hall–Kier alpha value is -3.19. The average Bonchev–Trinajstić information content (AvgIpc) is 2.63. The van der Waals surface area contributed by atoms with E-state index >= 15 is 0 Å². The molecule has 7 heteroatoms. The van der Waals surface area contributed by atoms with Gasteiger partial charge in [-0.05, 0) is 25.5 Å². The zero-order valence-corrected chi connectivity index (χ0v) is 14.8. The highest BCUT2D eigenvalue weighted by Crippen LogP contribution is 2.00. The summed E-state index contributed by atoms with van der Waals surface area (Å²) < 4.78 is 4.45. The Morgan fingerprint density at radius 1 is 1.23 bits per heavy atom. The maximum Gasteiger partial charge on any atom is 0.355 e. The van der Waals surface area contributed by atoms with Crippen LogP contribution in [0, 0.1) is 0 Å². The van der Waals surface area contributed by atoms with E-state index < -0.39 is 23.9 Å². The van der Waals surface area contributed by atoms with E-state index in [1.165, 1.54) is 19.9 Å². The number of esters is 1. The number of hydrogen-bond donors (Lipinski definition) is 2. The van der Waals surface area contributed by atoms with Gasteiger partial charge in [0.1, 0.15) is 6.61 Å². The van der Waals surface area contributed by atoms with E-state index in [-0.39, 0.29) is 12.2 Å². The maximum absolute atomic E-state index is 11.2. The highest BCUT2D eigenvalue weighted by molar-refractivity contribution is 5.93. The van der Waals surface area contributed by atoms with Crippen LogP contribution in [0.5, 0.6) is 0 Å². The Balaban J connectivity index is 0.000000590. The minimum atomic E-state index is -0.650. The van der Waals surface area contributed by atoms with Crippen molar-refractivity contribution in [2.24, 2.45) is 0 Å². The Kier molecular flexibility index (Phi) is 11.5. The number of nitrogens with one attached hydrogen (secondary N) is 1. The molecule has 0 aliphatic heterocycles. The van der Waals surface area contributed by atoms with Crippen molar-refractivity contribution < 1.29 is 29.1 Å². The molecule has 1 aromatic carbocycles. The molecule has 26 heavy (non-hydrogen) atoms. The van der Waals surface area contributed by atoms with E-state index in [0.29, 0.717) is 0 Å². The van der Waals surface area contributed by atoms with Crippen molar-refractivity contribution in [1.29, 1.82) is 0 Å². The van der Waals surface area contributed by atoms with Gasteiger partial charge < -0.3 is 14.7 Å². The molecule has 0 radical (unpaired) electrons. The third kappa shape index (κ3) is 12.3. The molecule has 140 valence electrons. The van der Waals surface area contributed by atoms with Crippen molar-refractivity contribution in [3.05, 3.63) is 66.8 Å². The smallest absolute Gasteiger partial charge is 0.355 e. The molecule has 0 heterocycles. The molecule has 1 rings (SSSR count). The van der Waals surface area contributed by atoms with E-state index in [9.17, 15) is 14.4 Å². The average molecular weight is 361 g/mol. The summed E-state index contributed by atoms with van der Waals surface area (Å²) in [6.07, 6.45) is 3.28. The van der Waals surface area contributed by atoms with Gasteiger partial charge in [0.2, 0.25) is 0 Å². The first kappa shape index (κ1) is 22.8. The second-order valence-corrected chi connectivity index (χ2v) is 5.06. The fraction of sp³-hybridized carbons (Fsp3) is 0.211. The zero-order valence-electron chi connectivity index (χ0n) is 14.8. The molecule has 1 amide bonds. The number of carbonyl (C=O) groups is 3. The summed E-state index contributed by atoms with van der Waals surface area (Å²) in [6.45, 7) is 9.68. The second-order valence-electron chi connectivity index (χ2n) is 5.06. The van der Waals surface area contributed by atoms with Gasteiger partial charge >= 0.3 is 11.9 Å². The monoisotopic (exact) mass is 361 g/mol. The van der Waals surface area contributed by atoms with Gasteiger partial charge in [0, 0.05) is 17.7 Å². The summed E-state index contributed by atoms with van der Waals surface area (Å²) in [5.74, 6) is -1.68. The van der Waals surface area contributed by atoms with Crippen LogP contribution in [0.15, 0.2) is 61.2 Å². The molecule has 1 aromatic rings. The van der Waals surface area contributed by atoms with Crippen molar-refractivity contribution in [2.75, 3.05) is 6.61 Å². The van der Waals surface area contributed by atoms with Crippen LogP contribution in [0.25, 0.3) is 6.08 Å². The summed E-state index contributed by atoms with van der Waals surface area (Å²) in [6, 6.07) is 9.27. The van der Waals surface area contributed by atoms with Crippen molar-refractivity contribution in [1.82, 2.24) is 5.48 Å². The predicted octanol–water partition coefficient (Wildman–Crippen LogP) is 1.95. The highest BCUT2D eigenvalue weighted by Gasteiger charge is 2.03. The quantitative estimate of drug-likeness (QED) is 0.456. The molecular weight excluding hydrogens is 338 g/mol.